The lowest BCUT2D eigenvalue weighted by molar-refractivity contribution is -0.483. The van der Waals surface area contributed by atoms with E-state index < -0.39 is 0 Å². The van der Waals surface area contributed by atoms with Crippen LogP contribution in [0.25, 0.3) is 10.9 Å². The van der Waals surface area contributed by atoms with Crippen LogP contribution in [-0.2, 0) is 6.42 Å². The number of nitrogens with zero attached hydrogens (tertiary/aromatic N) is 1. The van der Waals surface area contributed by atoms with Gasteiger partial charge in [0.1, 0.15) is 0 Å². The van der Waals surface area contributed by atoms with Crippen LogP contribution in [0.1, 0.15) is 30.0 Å². The van der Waals surface area contributed by atoms with Gasteiger partial charge in [0.05, 0.1) is 5.92 Å². The van der Waals surface area contributed by atoms with Gasteiger partial charge in [-0.2, -0.15) is 0 Å². The second kappa shape index (κ2) is 4.28. The molecule has 0 radical (unpaired) electrons. The molecule has 0 aliphatic heterocycles. The first-order valence-electron chi connectivity index (χ1n) is 6.07. The van der Waals surface area contributed by atoms with E-state index in [1.165, 1.54) is 0 Å². The van der Waals surface area contributed by atoms with E-state index in [9.17, 15) is 10.1 Å². The Kier molecular flexibility index (Phi) is 2.74. The summed E-state index contributed by atoms with van der Waals surface area (Å²) in [4.78, 5) is 13.9. The summed E-state index contributed by atoms with van der Waals surface area (Å²) in [6.07, 6.45) is 2.86. The summed E-state index contributed by atoms with van der Waals surface area (Å²) >= 11 is 6.02. The van der Waals surface area contributed by atoms with Crippen molar-refractivity contribution in [2.45, 2.75) is 25.2 Å². The number of nitrogens with one attached hydrogen (secondary N) is 1. The number of fused-ring (bicyclic) bond motifs is 3. The number of hydrogen-bond acceptors (Lipinski definition) is 2. The average molecular weight is 265 g/mol. The van der Waals surface area contributed by atoms with Gasteiger partial charge >= 0.3 is 0 Å². The quantitative estimate of drug-likeness (QED) is 0.666. The van der Waals surface area contributed by atoms with Gasteiger partial charge < -0.3 is 4.98 Å². The molecule has 0 spiro atoms. The van der Waals surface area contributed by atoms with Crippen LogP contribution in [0.2, 0.25) is 5.02 Å². The van der Waals surface area contributed by atoms with E-state index in [1.54, 1.807) is 0 Å². The maximum Gasteiger partial charge on any atom is 0.210 e. The molecular formula is C13H13ClN2O2. The zero-order valence-corrected chi connectivity index (χ0v) is 10.5. The van der Waals surface area contributed by atoms with Crippen LogP contribution < -0.4 is 0 Å². The second-order valence-electron chi connectivity index (χ2n) is 4.81. The number of aromatic amines is 1. The Balaban J connectivity index is 2.16. The predicted molar refractivity (Wildman–Crippen MR) is 70.8 cm³/mol. The molecule has 1 aromatic heterocycles. The molecule has 3 rings (SSSR count). The maximum atomic E-state index is 10.8. The second-order valence-corrected chi connectivity index (χ2v) is 5.25. The number of aryl methyl sites for hydroxylation is 1. The zero-order chi connectivity index (χ0) is 12.7. The molecule has 1 aliphatic rings. The standard InChI is InChI=1S/C13H13ClN2O2/c14-9-4-5-11-10(6-9)13-8(7-16(17)18)2-1-3-12(13)15-11/h4-6,8,15H,1-3,7H2/t8-/m0/s1. The van der Waals surface area contributed by atoms with Gasteiger partial charge in [0.25, 0.3) is 0 Å². The van der Waals surface area contributed by atoms with E-state index in [1.807, 2.05) is 18.2 Å². The van der Waals surface area contributed by atoms with Crippen molar-refractivity contribution in [3.63, 3.8) is 0 Å². The predicted octanol–water partition coefficient (Wildman–Crippen LogP) is 3.52. The summed E-state index contributed by atoms with van der Waals surface area (Å²) in [6.45, 7) is 0.00642. The van der Waals surface area contributed by atoms with Crippen LogP contribution in [0.4, 0.5) is 0 Å². The number of H-pyrrole nitrogens is 1. The number of rotatable bonds is 2. The Hall–Kier alpha value is -1.55. The van der Waals surface area contributed by atoms with Gasteiger partial charge in [-0.1, -0.05) is 11.6 Å². The van der Waals surface area contributed by atoms with Crippen molar-refractivity contribution in [1.82, 2.24) is 4.98 Å². The first-order valence-corrected chi connectivity index (χ1v) is 6.45. The van der Waals surface area contributed by atoms with E-state index in [2.05, 4.69) is 4.98 Å². The molecule has 4 nitrogen and oxygen atoms in total. The lowest BCUT2D eigenvalue weighted by atomic mass is 9.85. The Morgan fingerprint density at radius 3 is 3.11 bits per heavy atom. The van der Waals surface area contributed by atoms with Crippen molar-refractivity contribution >= 4 is 22.5 Å². The molecule has 0 unspecified atom stereocenters. The molecule has 18 heavy (non-hydrogen) atoms. The topological polar surface area (TPSA) is 58.9 Å². The lowest BCUT2D eigenvalue weighted by Crippen LogP contribution is -2.17. The minimum atomic E-state index is -0.219. The van der Waals surface area contributed by atoms with Crippen molar-refractivity contribution in [1.29, 1.82) is 0 Å². The van der Waals surface area contributed by atoms with Crippen LogP contribution >= 0.6 is 11.6 Å². The van der Waals surface area contributed by atoms with E-state index in [4.69, 9.17) is 11.6 Å². The van der Waals surface area contributed by atoms with Crippen molar-refractivity contribution in [2.75, 3.05) is 6.54 Å². The van der Waals surface area contributed by atoms with Crippen LogP contribution in [0.15, 0.2) is 18.2 Å². The normalized spacial score (nSPS) is 18.8. The Labute approximate surface area is 109 Å². The largest absolute Gasteiger partial charge is 0.358 e. The maximum absolute atomic E-state index is 10.8. The molecule has 0 bridgehead atoms. The number of benzene rings is 1. The van der Waals surface area contributed by atoms with Crippen molar-refractivity contribution in [3.8, 4) is 0 Å². The minimum absolute atomic E-state index is 0.00642. The fourth-order valence-corrected chi connectivity index (χ4v) is 3.11. The Morgan fingerprint density at radius 2 is 2.33 bits per heavy atom. The highest BCUT2D eigenvalue weighted by Crippen LogP contribution is 2.38. The molecule has 1 atom stereocenters. The molecule has 5 heteroatoms. The molecule has 2 aromatic rings. The fourth-order valence-electron chi connectivity index (χ4n) is 2.94. The van der Waals surface area contributed by atoms with E-state index in [0.29, 0.717) is 5.02 Å². The molecule has 1 N–H and O–H groups in total. The summed E-state index contributed by atoms with van der Waals surface area (Å²) in [5, 5.41) is 12.5. The van der Waals surface area contributed by atoms with Crippen molar-refractivity contribution in [2.24, 2.45) is 0 Å². The lowest BCUT2D eigenvalue weighted by Gasteiger charge is -2.19. The van der Waals surface area contributed by atoms with Gasteiger partial charge in [-0.3, -0.25) is 10.1 Å². The molecule has 1 aliphatic carbocycles. The summed E-state index contributed by atoms with van der Waals surface area (Å²) in [7, 11) is 0. The number of nitro groups is 1. The van der Waals surface area contributed by atoms with Gasteiger partial charge in [-0.05, 0) is 43.0 Å². The monoisotopic (exact) mass is 264 g/mol. The van der Waals surface area contributed by atoms with Crippen LogP contribution in [0, 0.1) is 10.1 Å². The summed E-state index contributed by atoms with van der Waals surface area (Å²) in [5.41, 5.74) is 3.28. The molecule has 94 valence electrons. The first-order chi connectivity index (χ1) is 8.65. The van der Waals surface area contributed by atoms with Crippen LogP contribution in [-0.4, -0.2) is 16.5 Å². The number of halogens is 1. The molecule has 0 amide bonds. The zero-order valence-electron chi connectivity index (χ0n) is 9.78. The van der Waals surface area contributed by atoms with E-state index in [-0.39, 0.29) is 17.4 Å². The van der Waals surface area contributed by atoms with Crippen LogP contribution in [0.5, 0.6) is 0 Å². The molecular weight excluding hydrogens is 252 g/mol. The molecule has 0 saturated heterocycles. The molecule has 1 heterocycles. The SMILES string of the molecule is O=[N+]([O-])C[C@@H]1CCCc2[nH]c3ccc(Cl)cc3c21. The smallest absolute Gasteiger partial charge is 0.210 e. The van der Waals surface area contributed by atoms with Gasteiger partial charge in [-0.25, -0.2) is 0 Å². The third-order valence-electron chi connectivity index (χ3n) is 3.64. The Morgan fingerprint density at radius 1 is 1.50 bits per heavy atom. The summed E-state index contributed by atoms with van der Waals surface area (Å²) in [5.74, 6) is 0.0102. The minimum Gasteiger partial charge on any atom is -0.358 e. The highest BCUT2D eigenvalue weighted by molar-refractivity contribution is 6.31. The molecule has 0 fully saturated rings. The highest BCUT2D eigenvalue weighted by Gasteiger charge is 2.28. The first kappa shape index (κ1) is 11.5. The molecule has 0 saturated carbocycles. The van der Waals surface area contributed by atoms with Crippen molar-refractivity contribution in [3.05, 3.63) is 44.6 Å². The van der Waals surface area contributed by atoms with E-state index >= 15 is 0 Å². The third-order valence-corrected chi connectivity index (χ3v) is 3.87. The summed E-state index contributed by atoms with van der Waals surface area (Å²) < 4.78 is 0. The number of aromatic nitrogens is 1. The molecule has 1 aromatic carbocycles. The number of hydrogen-bond donors (Lipinski definition) is 1. The van der Waals surface area contributed by atoms with Crippen molar-refractivity contribution < 1.29 is 4.92 Å². The third kappa shape index (κ3) is 1.86. The van der Waals surface area contributed by atoms with Gasteiger partial charge in [0, 0.05) is 26.5 Å². The summed E-state index contributed by atoms with van der Waals surface area (Å²) in [6, 6.07) is 5.69. The van der Waals surface area contributed by atoms with Gasteiger partial charge in [0.15, 0.2) is 0 Å². The Bertz CT molecular complexity index is 621. The highest BCUT2D eigenvalue weighted by atomic mass is 35.5. The van der Waals surface area contributed by atoms with Crippen LogP contribution in [0.3, 0.4) is 0 Å². The average Bonchev–Trinajstić information content (AvgIpc) is 2.67. The fraction of sp³-hybridized carbons (Fsp3) is 0.385. The van der Waals surface area contributed by atoms with Gasteiger partial charge in [-0.15, -0.1) is 0 Å². The van der Waals surface area contributed by atoms with E-state index in [0.717, 1.165) is 41.4 Å². The van der Waals surface area contributed by atoms with Gasteiger partial charge in [0.2, 0.25) is 6.54 Å².